The summed E-state index contributed by atoms with van der Waals surface area (Å²) in [4.78, 5) is 13.9. The molecular formula is C21H25N5O2S. The first-order valence-electron chi connectivity index (χ1n) is 9.81. The van der Waals surface area contributed by atoms with E-state index in [2.05, 4.69) is 4.90 Å². The Balaban J connectivity index is 1.68. The van der Waals surface area contributed by atoms with Gasteiger partial charge in [0, 0.05) is 25.8 Å². The lowest BCUT2D eigenvalue weighted by Crippen LogP contribution is -2.31. The lowest BCUT2D eigenvalue weighted by Gasteiger charge is -2.21. The van der Waals surface area contributed by atoms with Gasteiger partial charge in [0.2, 0.25) is 10.0 Å². The van der Waals surface area contributed by atoms with E-state index in [-0.39, 0.29) is 0 Å². The minimum atomic E-state index is -3.48. The fourth-order valence-corrected chi connectivity index (χ4v) is 5.15. The standard InChI is InChI=1S/C21H25N5O2S/c1-4-14-25(5-2)29(27,28)17-12-10-16(11-13-17)26-15-24(3)20-21(26)23-19-9-7-6-8-18(19)22-20/h6-13H,4-5,14-15H2,1-3H3. The van der Waals surface area contributed by atoms with Gasteiger partial charge in [0.15, 0.2) is 11.6 Å². The largest absolute Gasteiger partial charge is 0.338 e. The molecule has 8 heteroatoms. The highest BCUT2D eigenvalue weighted by Gasteiger charge is 2.29. The molecule has 7 nitrogen and oxygen atoms in total. The van der Waals surface area contributed by atoms with Gasteiger partial charge in [-0.05, 0) is 42.8 Å². The van der Waals surface area contributed by atoms with Gasteiger partial charge in [0.1, 0.15) is 0 Å². The van der Waals surface area contributed by atoms with Crippen LogP contribution >= 0.6 is 0 Å². The second-order valence-electron chi connectivity index (χ2n) is 7.12. The van der Waals surface area contributed by atoms with Crippen LogP contribution in [0, 0.1) is 0 Å². The van der Waals surface area contributed by atoms with Crippen LogP contribution in [0.1, 0.15) is 20.3 Å². The summed E-state index contributed by atoms with van der Waals surface area (Å²) in [7, 11) is -1.50. The van der Waals surface area contributed by atoms with Crippen molar-refractivity contribution in [1.82, 2.24) is 14.3 Å². The number of sulfonamides is 1. The molecular weight excluding hydrogens is 386 g/mol. The van der Waals surface area contributed by atoms with Gasteiger partial charge >= 0.3 is 0 Å². The van der Waals surface area contributed by atoms with Crippen LogP contribution in [-0.4, -0.2) is 49.5 Å². The summed E-state index contributed by atoms with van der Waals surface area (Å²) in [5.74, 6) is 1.60. The molecule has 0 radical (unpaired) electrons. The van der Waals surface area contributed by atoms with Crippen molar-refractivity contribution in [3.05, 3.63) is 48.5 Å². The van der Waals surface area contributed by atoms with E-state index in [4.69, 9.17) is 9.97 Å². The molecule has 4 rings (SSSR count). The van der Waals surface area contributed by atoms with E-state index in [9.17, 15) is 8.42 Å². The Hall–Kier alpha value is -2.71. The fraction of sp³-hybridized carbons (Fsp3) is 0.333. The van der Waals surface area contributed by atoms with Crippen LogP contribution in [0.5, 0.6) is 0 Å². The van der Waals surface area contributed by atoms with Gasteiger partial charge in [0.05, 0.1) is 22.6 Å². The molecule has 2 heterocycles. The number of para-hydroxylation sites is 2. The summed E-state index contributed by atoms with van der Waals surface area (Å²) in [6.45, 7) is 5.43. The molecule has 0 saturated carbocycles. The van der Waals surface area contributed by atoms with Crippen molar-refractivity contribution >= 4 is 38.4 Å². The van der Waals surface area contributed by atoms with Gasteiger partial charge in [-0.2, -0.15) is 4.31 Å². The first kappa shape index (κ1) is 19.6. The number of benzene rings is 2. The van der Waals surface area contributed by atoms with Crippen molar-refractivity contribution < 1.29 is 8.42 Å². The molecule has 29 heavy (non-hydrogen) atoms. The number of nitrogens with zero attached hydrogens (tertiary/aromatic N) is 5. The Kier molecular flexibility index (Phi) is 5.14. The molecule has 1 aromatic heterocycles. The number of hydrogen-bond donors (Lipinski definition) is 0. The second-order valence-corrected chi connectivity index (χ2v) is 9.06. The van der Waals surface area contributed by atoms with Crippen LogP contribution in [-0.2, 0) is 10.0 Å². The summed E-state index contributed by atoms with van der Waals surface area (Å²) in [5.41, 5.74) is 2.58. The topological polar surface area (TPSA) is 69.6 Å². The lowest BCUT2D eigenvalue weighted by molar-refractivity contribution is 0.427. The van der Waals surface area contributed by atoms with Crippen molar-refractivity contribution in [2.45, 2.75) is 25.2 Å². The van der Waals surface area contributed by atoms with Crippen LogP contribution in [0.4, 0.5) is 17.3 Å². The first-order valence-corrected chi connectivity index (χ1v) is 11.3. The highest BCUT2D eigenvalue weighted by Crippen LogP contribution is 2.38. The van der Waals surface area contributed by atoms with Crippen molar-refractivity contribution in [3.8, 4) is 0 Å². The van der Waals surface area contributed by atoms with E-state index >= 15 is 0 Å². The zero-order chi connectivity index (χ0) is 20.6. The number of hydrogen-bond acceptors (Lipinski definition) is 6. The molecule has 1 aliphatic heterocycles. The van der Waals surface area contributed by atoms with Crippen molar-refractivity contribution in [1.29, 1.82) is 0 Å². The summed E-state index contributed by atoms with van der Waals surface area (Å²) >= 11 is 0. The van der Waals surface area contributed by atoms with Crippen LogP contribution in [0.2, 0.25) is 0 Å². The van der Waals surface area contributed by atoms with E-state index in [1.807, 2.05) is 62.2 Å². The molecule has 0 atom stereocenters. The molecule has 3 aromatic rings. The molecule has 2 aromatic carbocycles. The third-order valence-corrected chi connectivity index (χ3v) is 7.11. The average molecular weight is 412 g/mol. The molecule has 0 spiro atoms. The summed E-state index contributed by atoms with van der Waals surface area (Å²) in [5, 5.41) is 0. The van der Waals surface area contributed by atoms with Gasteiger partial charge in [-0.3, -0.25) is 0 Å². The Morgan fingerprint density at radius 1 is 0.966 bits per heavy atom. The summed E-state index contributed by atoms with van der Waals surface area (Å²) in [6.07, 6.45) is 0.786. The Morgan fingerprint density at radius 2 is 1.59 bits per heavy atom. The summed E-state index contributed by atoms with van der Waals surface area (Å²) < 4.78 is 27.2. The van der Waals surface area contributed by atoms with Gasteiger partial charge in [-0.25, -0.2) is 18.4 Å². The van der Waals surface area contributed by atoms with Gasteiger partial charge in [-0.1, -0.05) is 26.0 Å². The number of rotatable bonds is 6. The smallest absolute Gasteiger partial charge is 0.243 e. The first-order chi connectivity index (χ1) is 14.0. The van der Waals surface area contributed by atoms with Crippen molar-refractivity contribution in [2.75, 3.05) is 36.6 Å². The third-order valence-electron chi connectivity index (χ3n) is 5.12. The molecule has 0 unspecified atom stereocenters. The normalized spacial score (nSPS) is 14.1. The monoisotopic (exact) mass is 411 g/mol. The average Bonchev–Trinajstić information content (AvgIpc) is 3.06. The maximum Gasteiger partial charge on any atom is 0.243 e. The Bertz CT molecular complexity index is 1130. The highest BCUT2D eigenvalue weighted by atomic mass is 32.2. The molecule has 0 aliphatic carbocycles. The number of aromatic nitrogens is 2. The highest BCUT2D eigenvalue weighted by molar-refractivity contribution is 7.89. The lowest BCUT2D eigenvalue weighted by atomic mass is 10.3. The maximum atomic E-state index is 12.9. The van der Waals surface area contributed by atoms with E-state index in [0.29, 0.717) is 24.7 Å². The third kappa shape index (κ3) is 3.42. The van der Waals surface area contributed by atoms with Crippen LogP contribution in [0.15, 0.2) is 53.4 Å². The molecule has 1 aliphatic rings. The predicted octanol–water partition coefficient (Wildman–Crippen LogP) is 3.60. The van der Waals surface area contributed by atoms with Gasteiger partial charge in [0.25, 0.3) is 0 Å². The van der Waals surface area contributed by atoms with E-state index in [1.54, 1.807) is 12.1 Å². The quantitative estimate of drug-likeness (QED) is 0.617. The van der Waals surface area contributed by atoms with Gasteiger partial charge < -0.3 is 9.80 Å². The van der Waals surface area contributed by atoms with Crippen molar-refractivity contribution in [3.63, 3.8) is 0 Å². The molecule has 152 valence electrons. The Morgan fingerprint density at radius 3 is 2.17 bits per heavy atom. The fourth-order valence-electron chi connectivity index (χ4n) is 3.61. The van der Waals surface area contributed by atoms with E-state index < -0.39 is 10.0 Å². The zero-order valence-corrected chi connectivity index (χ0v) is 17.7. The van der Waals surface area contributed by atoms with Crippen LogP contribution in [0.25, 0.3) is 11.0 Å². The Labute approximate surface area is 171 Å². The summed E-state index contributed by atoms with van der Waals surface area (Å²) in [6, 6.07) is 14.8. The predicted molar refractivity (Wildman–Crippen MR) is 116 cm³/mol. The molecule has 0 saturated heterocycles. The molecule has 0 bridgehead atoms. The number of fused-ring (bicyclic) bond motifs is 2. The molecule has 0 amide bonds. The maximum absolute atomic E-state index is 12.9. The van der Waals surface area contributed by atoms with E-state index in [1.165, 1.54) is 4.31 Å². The molecule has 0 N–H and O–H groups in total. The van der Waals surface area contributed by atoms with Gasteiger partial charge in [-0.15, -0.1) is 0 Å². The molecule has 0 fully saturated rings. The van der Waals surface area contributed by atoms with Crippen LogP contribution < -0.4 is 9.80 Å². The minimum absolute atomic E-state index is 0.314. The number of anilines is 3. The minimum Gasteiger partial charge on any atom is -0.338 e. The SMILES string of the molecule is CCCN(CC)S(=O)(=O)c1ccc(N2CN(C)c3nc4ccccc4nc32)cc1. The second kappa shape index (κ2) is 7.61. The van der Waals surface area contributed by atoms with Crippen LogP contribution in [0.3, 0.4) is 0 Å². The van der Waals surface area contributed by atoms with Crippen molar-refractivity contribution in [2.24, 2.45) is 0 Å². The zero-order valence-electron chi connectivity index (χ0n) is 16.9. The van der Waals surface area contributed by atoms with E-state index in [0.717, 1.165) is 34.8 Å².